The SMILES string of the molecule is CN(C(=O)COc1ccc(Cl)c(Cl)c1)C1CC2(NC(=O)COc3ccc(F)c(Cl)c3)CC1C2. The Morgan fingerprint density at radius 1 is 1.00 bits per heavy atom. The summed E-state index contributed by atoms with van der Waals surface area (Å²) >= 11 is 17.6. The van der Waals surface area contributed by atoms with Crippen LogP contribution < -0.4 is 14.8 Å². The van der Waals surface area contributed by atoms with Crippen LogP contribution in [-0.2, 0) is 9.59 Å². The first-order valence-electron chi connectivity index (χ1n) is 10.4. The van der Waals surface area contributed by atoms with Crippen LogP contribution in [0.4, 0.5) is 4.39 Å². The zero-order valence-electron chi connectivity index (χ0n) is 17.7. The van der Waals surface area contributed by atoms with Gasteiger partial charge in [0.25, 0.3) is 11.8 Å². The van der Waals surface area contributed by atoms with Crippen molar-refractivity contribution in [2.24, 2.45) is 5.92 Å². The molecule has 3 aliphatic rings. The summed E-state index contributed by atoms with van der Waals surface area (Å²) in [6.45, 7) is -0.323. The highest BCUT2D eigenvalue weighted by atomic mass is 35.5. The number of rotatable bonds is 8. The summed E-state index contributed by atoms with van der Waals surface area (Å²) in [6.07, 6.45) is 2.27. The van der Waals surface area contributed by atoms with E-state index in [1.165, 1.54) is 18.2 Å². The van der Waals surface area contributed by atoms with Gasteiger partial charge in [-0.2, -0.15) is 0 Å². The maximum atomic E-state index is 13.2. The van der Waals surface area contributed by atoms with E-state index in [-0.39, 0.29) is 41.6 Å². The number of nitrogens with one attached hydrogen (secondary N) is 1. The number of fused-ring (bicyclic) bond motifs is 1. The Morgan fingerprint density at radius 2 is 1.64 bits per heavy atom. The monoisotopic (exact) mass is 514 g/mol. The van der Waals surface area contributed by atoms with Gasteiger partial charge in [-0.1, -0.05) is 34.8 Å². The van der Waals surface area contributed by atoms with Gasteiger partial charge in [0.15, 0.2) is 13.2 Å². The largest absolute Gasteiger partial charge is 0.484 e. The minimum absolute atomic E-state index is 0.0204. The number of hydrogen-bond acceptors (Lipinski definition) is 4. The Balaban J connectivity index is 1.25. The van der Waals surface area contributed by atoms with Crippen molar-refractivity contribution >= 4 is 46.6 Å². The molecule has 3 aliphatic carbocycles. The van der Waals surface area contributed by atoms with E-state index in [2.05, 4.69) is 5.32 Å². The van der Waals surface area contributed by atoms with E-state index >= 15 is 0 Å². The van der Waals surface area contributed by atoms with Crippen molar-refractivity contribution in [2.75, 3.05) is 20.3 Å². The van der Waals surface area contributed by atoms with E-state index < -0.39 is 5.82 Å². The molecule has 1 unspecified atom stereocenters. The molecule has 176 valence electrons. The second-order valence-corrected chi connectivity index (χ2v) is 9.72. The average Bonchev–Trinajstić information content (AvgIpc) is 3.30. The fourth-order valence-corrected chi connectivity index (χ4v) is 5.06. The first-order valence-corrected chi connectivity index (χ1v) is 11.5. The molecule has 0 aliphatic heterocycles. The minimum Gasteiger partial charge on any atom is -0.484 e. The highest BCUT2D eigenvalue weighted by molar-refractivity contribution is 6.42. The maximum absolute atomic E-state index is 13.2. The maximum Gasteiger partial charge on any atom is 0.260 e. The zero-order valence-corrected chi connectivity index (χ0v) is 20.0. The summed E-state index contributed by atoms with van der Waals surface area (Å²) in [4.78, 5) is 26.8. The number of carbonyl (C=O) groups excluding carboxylic acids is 2. The van der Waals surface area contributed by atoms with Crippen LogP contribution in [0, 0.1) is 11.7 Å². The molecular formula is C23H22Cl3FN2O4. The summed E-state index contributed by atoms with van der Waals surface area (Å²) in [6, 6.07) is 8.78. The van der Waals surface area contributed by atoms with E-state index in [0.29, 0.717) is 33.9 Å². The molecular weight excluding hydrogens is 494 g/mol. The third kappa shape index (κ3) is 5.31. The first-order chi connectivity index (χ1) is 15.7. The van der Waals surface area contributed by atoms with Crippen molar-refractivity contribution in [1.82, 2.24) is 10.2 Å². The lowest BCUT2D eigenvalue weighted by Crippen LogP contribution is -2.53. The second kappa shape index (κ2) is 9.57. The molecule has 0 spiro atoms. The Morgan fingerprint density at radius 3 is 2.30 bits per heavy atom. The first kappa shape index (κ1) is 23.9. The summed E-state index contributed by atoms with van der Waals surface area (Å²) in [5, 5.41) is 3.75. The lowest BCUT2D eigenvalue weighted by molar-refractivity contribution is -0.134. The standard InChI is InChI=1S/C23H22Cl3FN2O4/c1-29(22(31)12-33-14-2-4-16(24)17(25)6-14)20-10-23(8-13(20)9-23)28-21(30)11-32-15-3-5-19(27)18(26)7-15/h2-7,13,20H,8-12H2,1H3,(H,28,30). The van der Waals surface area contributed by atoms with E-state index in [4.69, 9.17) is 44.3 Å². The average molecular weight is 516 g/mol. The van der Waals surface area contributed by atoms with Crippen LogP contribution in [0.2, 0.25) is 15.1 Å². The molecule has 5 rings (SSSR count). The number of nitrogens with zero attached hydrogens (tertiary/aromatic N) is 1. The van der Waals surface area contributed by atoms with Crippen LogP contribution in [0.3, 0.4) is 0 Å². The fourth-order valence-electron chi connectivity index (χ4n) is 4.60. The van der Waals surface area contributed by atoms with E-state index in [1.807, 2.05) is 0 Å². The molecule has 0 radical (unpaired) electrons. The van der Waals surface area contributed by atoms with Gasteiger partial charge >= 0.3 is 0 Å². The van der Waals surface area contributed by atoms with Gasteiger partial charge in [0, 0.05) is 30.8 Å². The van der Waals surface area contributed by atoms with Crippen LogP contribution in [0.1, 0.15) is 19.3 Å². The predicted molar refractivity (Wildman–Crippen MR) is 124 cm³/mol. The molecule has 0 heterocycles. The van der Waals surface area contributed by atoms with E-state index in [1.54, 1.807) is 30.1 Å². The van der Waals surface area contributed by atoms with Gasteiger partial charge in [0.05, 0.1) is 15.1 Å². The smallest absolute Gasteiger partial charge is 0.260 e. The summed E-state index contributed by atoms with van der Waals surface area (Å²) in [7, 11) is 1.75. The molecule has 2 aromatic rings. The Hall–Kier alpha value is -2.22. The minimum atomic E-state index is -0.550. The quantitative estimate of drug-likeness (QED) is 0.551. The highest BCUT2D eigenvalue weighted by Crippen LogP contribution is 2.53. The molecule has 0 aromatic heterocycles. The second-order valence-electron chi connectivity index (χ2n) is 8.50. The number of benzene rings is 2. The van der Waals surface area contributed by atoms with Crippen molar-refractivity contribution in [1.29, 1.82) is 0 Å². The number of amides is 2. The number of hydrogen-bond donors (Lipinski definition) is 1. The molecule has 10 heteroatoms. The van der Waals surface area contributed by atoms with Gasteiger partial charge in [-0.05, 0) is 49.4 Å². The van der Waals surface area contributed by atoms with Gasteiger partial charge in [-0.15, -0.1) is 0 Å². The molecule has 1 N–H and O–H groups in total. The normalized spacial score (nSPS) is 22.9. The third-order valence-electron chi connectivity index (χ3n) is 6.26. The van der Waals surface area contributed by atoms with E-state index in [9.17, 15) is 14.0 Å². The van der Waals surface area contributed by atoms with Crippen molar-refractivity contribution in [3.05, 3.63) is 57.3 Å². The van der Waals surface area contributed by atoms with Gasteiger partial charge in [0.1, 0.15) is 17.3 Å². The Kier molecular flexibility index (Phi) is 6.93. The van der Waals surface area contributed by atoms with Crippen LogP contribution in [0.15, 0.2) is 36.4 Å². The molecule has 0 saturated heterocycles. The molecule has 3 saturated carbocycles. The molecule has 2 bridgehead atoms. The number of likely N-dealkylation sites (N-methyl/N-ethyl adjacent to an activating group) is 1. The van der Waals surface area contributed by atoms with Gasteiger partial charge in [-0.25, -0.2) is 4.39 Å². The van der Waals surface area contributed by atoms with Crippen molar-refractivity contribution in [3.63, 3.8) is 0 Å². The number of halogens is 4. The predicted octanol–water partition coefficient (Wildman–Crippen LogP) is 4.74. The molecule has 33 heavy (non-hydrogen) atoms. The molecule has 3 fully saturated rings. The number of ether oxygens (including phenoxy) is 2. The van der Waals surface area contributed by atoms with Gasteiger partial charge in [0.2, 0.25) is 0 Å². The van der Waals surface area contributed by atoms with E-state index in [0.717, 1.165) is 12.8 Å². The highest BCUT2D eigenvalue weighted by Gasteiger charge is 2.58. The summed E-state index contributed by atoms with van der Waals surface area (Å²) in [5.41, 5.74) is -0.338. The van der Waals surface area contributed by atoms with Crippen LogP contribution in [-0.4, -0.2) is 48.6 Å². The van der Waals surface area contributed by atoms with Gasteiger partial charge in [-0.3, -0.25) is 9.59 Å². The molecule has 1 atom stereocenters. The van der Waals surface area contributed by atoms with Gasteiger partial charge < -0.3 is 19.7 Å². The summed E-state index contributed by atoms with van der Waals surface area (Å²) in [5.74, 6) is 0.125. The molecule has 2 amide bonds. The lowest BCUT2D eigenvalue weighted by Gasteiger charge is -2.39. The van der Waals surface area contributed by atoms with Crippen molar-refractivity contribution in [2.45, 2.75) is 30.8 Å². The van der Waals surface area contributed by atoms with Crippen LogP contribution >= 0.6 is 34.8 Å². The molecule has 6 nitrogen and oxygen atoms in total. The number of carbonyl (C=O) groups is 2. The molecule has 2 aromatic carbocycles. The zero-order chi connectivity index (χ0) is 23.8. The van der Waals surface area contributed by atoms with Crippen molar-refractivity contribution < 1.29 is 23.5 Å². The Labute approximate surface area is 205 Å². The van der Waals surface area contributed by atoms with Crippen LogP contribution in [0.5, 0.6) is 11.5 Å². The lowest BCUT2D eigenvalue weighted by atomic mass is 9.76. The van der Waals surface area contributed by atoms with Crippen LogP contribution in [0.25, 0.3) is 0 Å². The Bertz CT molecular complexity index is 1080. The topological polar surface area (TPSA) is 67.9 Å². The fraction of sp³-hybridized carbons (Fsp3) is 0.391. The third-order valence-corrected chi connectivity index (χ3v) is 7.29. The summed E-state index contributed by atoms with van der Waals surface area (Å²) < 4.78 is 24.2. The van der Waals surface area contributed by atoms with Crippen molar-refractivity contribution in [3.8, 4) is 11.5 Å².